The lowest BCUT2D eigenvalue weighted by atomic mass is 9.99. The first-order valence-electron chi connectivity index (χ1n) is 8.84. The molecule has 2 aromatic rings. The van der Waals surface area contributed by atoms with E-state index in [9.17, 15) is 4.79 Å². The van der Waals surface area contributed by atoms with Crippen LogP contribution in [0, 0.1) is 5.92 Å². The zero-order valence-electron chi connectivity index (χ0n) is 14.8. The third-order valence-electron chi connectivity index (χ3n) is 4.76. The molecule has 1 saturated heterocycles. The predicted molar refractivity (Wildman–Crippen MR) is 102 cm³/mol. The molecule has 0 aliphatic carbocycles. The van der Waals surface area contributed by atoms with Crippen molar-refractivity contribution >= 4 is 28.9 Å². The molecular weight excluding hydrogens is 336 g/mol. The van der Waals surface area contributed by atoms with Crippen LogP contribution in [0.3, 0.4) is 0 Å². The number of carbonyl (C=O) groups is 1. The van der Waals surface area contributed by atoms with Gasteiger partial charge in [0.15, 0.2) is 0 Å². The standard InChI is InChI=1S/C19H25ClN4O/c1-14-4-3-11-24(13-14)18-7-5-15(20)12-17(18)22-19(25)8-6-16-9-10-21-23(16)2/h5,7,9-10,12,14H,3-4,6,8,11,13H2,1-2H3,(H,22,25)/t14-/m0/s1. The Morgan fingerprint density at radius 1 is 1.40 bits per heavy atom. The smallest absolute Gasteiger partial charge is 0.224 e. The van der Waals surface area contributed by atoms with Gasteiger partial charge in [-0.25, -0.2) is 0 Å². The van der Waals surface area contributed by atoms with Gasteiger partial charge in [-0.1, -0.05) is 18.5 Å². The highest BCUT2D eigenvalue weighted by Gasteiger charge is 2.20. The molecule has 1 aliphatic heterocycles. The Morgan fingerprint density at radius 2 is 2.24 bits per heavy atom. The molecule has 1 aromatic heterocycles. The molecule has 0 bridgehead atoms. The molecule has 0 saturated carbocycles. The topological polar surface area (TPSA) is 50.2 Å². The van der Waals surface area contributed by atoms with Crippen LogP contribution < -0.4 is 10.2 Å². The highest BCUT2D eigenvalue weighted by atomic mass is 35.5. The number of piperidine rings is 1. The summed E-state index contributed by atoms with van der Waals surface area (Å²) in [5.41, 5.74) is 2.91. The fourth-order valence-corrected chi connectivity index (χ4v) is 3.57. The van der Waals surface area contributed by atoms with Crippen molar-refractivity contribution in [3.63, 3.8) is 0 Å². The van der Waals surface area contributed by atoms with Crippen molar-refractivity contribution in [2.24, 2.45) is 13.0 Å². The molecule has 3 rings (SSSR count). The van der Waals surface area contributed by atoms with Crippen molar-refractivity contribution in [2.75, 3.05) is 23.3 Å². The minimum atomic E-state index is -0.00484. The van der Waals surface area contributed by atoms with Crippen LogP contribution in [-0.2, 0) is 18.3 Å². The number of aryl methyl sites for hydroxylation is 2. The number of nitrogens with zero attached hydrogens (tertiary/aromatic N) is 3. The summed E-state index contributed by atoms with van der Waals surface area (Å²) in [6.07, 6.45) is 5.27. The molecule has 1 fully saturated rings. The first-order chi connectivity index (χ1) is 12.0. The number of carbonyl (C=O) groups excluding carboxylic acids is 1. The second-order valence-corrected chi connectivity index (χ2v) is 7.29. The van der Waals surface area contributed by atoms with E-state index in [0.29, 0.717) is 23.8 Å². The molecule has 25 heavy (non-hydrogen) atoms. The fraction of sp³-hybridized carbons (Fsp3) is 0.474. The van der Waals surface area contributed by atoms with E-state index in [1.165, 1.54) is 12.8 Å². The quantitative estimate of drug-likeness (QED) is 0.880. The number of anilines is 2. The average Bonchev–Trinajstić information content (AvgIpc) is 2.98. The van der Waals surface area contributed by atoms with E-state index in [1.807, 2.05) is 31.3 Å². The van der Waals surface area contributed by atoms with Gasteiger partial charge >= 0.3 is 0 Å². The van der Waals surface area contributed by atoms with Gasteiger partial charge in [0.2, 0.25) is 5.91 Å². The van der Waals surface area contributed by atoms with E-state index in [0.717, 1.165) is 30.2 Å². The van der Waals surface area contributed by atoms with Crippen LogP contribution in [0.4, 0.5) is 11.4 Å². The van der Waals surface area contributed by atoms with Gasteiger partial charge in [0.25, 0.3) is 0 Å². The van der Waals surface area contributed by atoms with Gasteiger partial charge in [-0.05, 0) is 49.4 Å². The van der Waals surface area contributed by atoms with Gasteiger partial charge in [0.1, 0.15) is 0 Å². The van der Waals surface area contributed by atoms with Crippen LogP contribution in [-0.4, -0.2) is 28.8 Å². The molecule has 2 heterocycles. The van der Waals surface area contributed by atoms with E-state index >= 15 is 0 Å². The maximum absolute atomic E-state index is 12.4. The van der Waals surface area contributed by atoms with Crippen LogP contribution in [0.2, 0.25) is 5.02 Å². The van der Waals surface area contributed by atoms with Crippen molar-refractivity contribution in [1.82, 2.24) is 9.78 Å². The summed E-state index contributed by atoms with van der Waals surface area (Å²) in [5, 5.41) is 7.82. The SMILES string of the molecule is C[C@H]1CCCN(c2ccc(Cl)cc2NC(=O)CCc2ccnn2C)C1. The summed E-state index contributed by atoms with van der Waals surface area (Å²) < 4.78 is 1.80. The average molecular weight is 361 g/mol. The van der Waals surface area contributed by atoms with E-state index in [1.54, 1.807) is 10.9 Å². The minimum Gasteiger partial charge on any atom is -0.370 e. The third-order valence-corrected chi connectivity index (χ3v) is 5.00. The number of benzene rings is 1. The highest BCUT2D eigenvalue weighted by Crippen LogP contribution is 2.32. The molecule has 1 amide bonds. The molecule has 5 nitrogen and oxygen atoms in total. The number of nitrogens with one attached hydrogen (secondary N) is 1. The Labute approximate surface area is 154 Å². The Bertz CT molecular complexity index is 743. The number of rotatable bonds is 5. The summed E-state index contributed by atoms with van der Waals surface area (Å²) in [5.74, 6) is 0.660. The van der Waals surface area contributed by atoms with Gasteiger partial charge in [-0.15, -0.1) is 0 Å². The third kappa shape index (κ3) is 4.54. The Balaban J connectivity index is 1.69. The number of hydrogen-bond donors (Lipinski definition) is 1. The van der Waals surface area contributed by atoms with Gasteiger partial charge in [-0.2, -0.15) is 5.10 Å². The van der Waals surface area contributed by atoms with Crippen molar-refractivity contribution in [3.05, 3.63) is 41.2 Å². The highest BCUT2D eigenvalue weighted by molar-refractivity contribution is 6.31. The largest absolute Gasteiger partial charge is 0.370 e. The van der Waals surface area contributed by atoms with E-state index in [2.05, 4.69) is 22.2 Å². The molecule has 134 valence electrons. The molecule has 1 atom stereocenters. The fourth-order valence-electron chi connectivity index (χ4n) is 3.39. The monoisotopic (exact) mass is 360 g/mol. The second-order valence-electron chi connectivity index (χ2n) is 6.85. The Morgan fingerprint density at radius 3 is 2.96 bits per heavy atom. The zero-order valence-corrected chi connectivity index (χ0v) is 15.6. The number of aromatic nitrogens is 2. The van der Waals surface area contributed by atoms with Crippen LogP contribution in [0.15, 0.2) is 30.5 Å². The Hall–Kier alpha value is -2.01. The maximum Gasteiger partial charge on any atom is 0.224 e. The number of hydrogen-bond acceptors (Lipinski definition) is 3. The van der Waals surface area contributed by atoms with Crippen LogP contribution >= 0.6 is 11.6 Å². The first-order valence-corrected chi connectivity index (χ1v) is 9.22. The molecule has 1 N–H and O–H groups in total. The normalized spacial score (nSPS) is 17.6. The molecule has 0 unspecified atom stereocenters. The minimum absolute atomic E-state index is 0.00484. The van der Waals surface area contributed by atoms with Gasteiger partial charge in [-0.3, -0.25) is 9.48 Å². The van der Waals surface area contributed by atoms with Crippen molar-refractivity contribution in [1.29, 1.82) is 0 Å². The van der Waals surface area contributed by atoms with Crippen LogP contribution in [0.5, 0.6) is 0 Å². The van der Waals surface area contributed by atoms with Gasteiger partial charge in [0, 0.05) is 43.5 Å². The zero-order chi connectivity index (χ0) is 17.8. The number of amides is 1. The summed E-state index contributed by atoms with van der Waals surface area (Å²) in [4.78, 5) is 14.8. The second kappa shape index (κ2) is 7.91. The number of halogens is 1. The van der Waals surface area contributed by atoms with Crippen molar-refractivity contribution in [2.45, 2.75) is 32.6 Å². The maximum atomic E-state index is 12.4. The summed E-state index contributed by atoms with van der Waals surface area (Å²) in [6.45, 7) is 4.30. The van der Waals surface area contributed by atoms with Crippen molar-refractivity contribution in [3.8, 4) is 0 Å². The first kappa shape index (κ1) is 17.8. The van der Waals surface area contributed by atoms with Crippen LogP contribution in [0.25, 0.3) is 0 Å². The van der Waals surface area contributed by atoms with Crippen LogP contribution in [0.1, 0.15) is 31.9 Å². The lowest BCUT2D eigenvalue weighted by Crippen LogP contribution is -2.34. The summed E-state index contributed by atoms with van der Waals surface area (Å²) in [7, 11) is 1.89. The van der Waals surface area contributed by atoms with E-state index in [4.69, 9.17) is 11.6 Å². The molecule has 0 spiro atoms. The summed E-state index contributed by atoms with van der Waals surface area (Å²) >= 11 is 6.17. The van der Waals surface area contributed by atoms with E-state index < -0.39 is 0 Å². The Kier molecular flexibility index (Phi) is 5.63. The lowest BCUT2D eigenvalue weighted by molar-refractivity contribution is -0.116. The lowest BCUT2D eigenvalue weighted by Gasteiger charge is -2.34. The van der Waals surface area contributed by atoms with Crippen molar-refractivity contribution < 1.29 is 4.79 Å². The van der Waals surface area contributed by atoms with Gasteiger partial charge in [0.05, 0.1) is 11.4 Å². The molecule has 0 radical (unpaired) electrons. The van der Waals surface area contributed by atoms with Gasteiger partial charge < -0.3 is 10.2 Å². The van der Waals surface area contributed by atoms with E-state index in [-0.39, 0.29) is 5.91 Å². The molecular formula is C19H25ClN4O. The summed E-state index contributed by atoms with van der Waals surface area (Å²) in [6, 6.07) is 7.68. The molecule has 1 aromatic carbocycles. The molecule has 6 heteroatoms. The molecule has 1 aliphatic rings. The predicted octanol–water partition coefficient (Wildman–Crippen LogP) is 3.88.